The summed E-state index contributed by atoms with van der Waals surface area (Å²) in [5.74, 6) is 1.29. The second-order valence-corrected chi connectivity index (χ2v) is 10.6. The van der Waals surface area contributed by atoms with Crippen LogP contribution in [0.1, 0.15) is 12.8 Å². The molecule has 0 bridgehead atoms. The highest BCUT2D eigenvalue weighted by Crippen LogP contribution is 2.34. The predicted molar refractivity (Wildman–Crippen MR) is 146 cm³/mol. The van der Waals surface area contributed by atoms with Gasteiger partial charge in [0.25, 0.3) is 10.0 Å². The maximum absolute atomic E-state index is 13.5. The minimum atomic E-state index is -4.09. The molecule has 0 unspecified atom stereocenters. The number of benzene rings is 3. The Kier molecular flexibility index (Phi) is 6.77. The number of nitrogens with zero attached hydrogens (tertiary/aromatic N) is 3. The second kappa shape index (κ2) is 10.2. The Bertz CT molecular complexity index is 1600. The highest BCUT2D eigenvalue weighted by Gasteiger charge is 2.32. The number of carbonyl (C=O) groups is 1. The van der Waals surface area contributed by atoms with Crippen molar-refractivity contribution in [2.45, 2.75) is 17.7 Å². The highest BCUT2D eigenvalue weighted by molar-refractivity contribution is 7.92. The number of anilines is 4. The van der Waals surface area contributed by atoms with Gasteiger partial charge in [0.05, 0.1) is 30.1 Å². The summed E-state index contributed by atoms with van der Waals surface area (Å²) in [7, 11) is 0.642. The summed E-state index contributed by atoms with van der Waals surface area (Å²) in [5, 5.41) is 3.14. The van der Waals surface area contributed by atoms with Crippen LogP contribution in [0.4, 0.5) is 23.0 Å². The normalized spacial score (nSPS) is 13.1. The van der Waals surface area contributed by atoms with Gasteiger partial charge in [-0.3, -0.25) is 9.52 Å². The van der Waals surface area contributed by atoms with Gasteiger partial charge < -0.3 is 19.7 Å². The first kappa shape index (κ1) is 25.3. The number of aromatic nitrogens is 2. The zero-order valence-corrected chi connectivity index (χ0v) is 22.0. The van der Waals surface area contributed by atoms with E-state index in [4.69, 9.17) is 9.47 Å². The summed E-state index contributed by atoms with van der Waals surface area (Å²) in [4.78, 5) is 23.2. The molecule has 196 valence electrons. The van der Waals surface area contributed by atoms with Gasteiger partial charge in [0.15, 0.2) is 11.6 Å². The standard InChI is InChI=1S/C27H27N5O5S/c1-32(27(33)17-11-12-17)19-7-6-8-22(15-19)38(34,35)31-26-25(29-23-9-4-5-10-24(23)30-26)28-18-13-20(36-2)16-21(14-18)37-3/h4-10,13-17H,11-12H2,1-3H3,(H,28,29)(H,30,31). The molecule has 1 heterocycles. The molecule has 1 fully saturated rings. The number of sulfonamides is 1. The molecule has 0 radical (unpaired) electrons. The third-order valence-electron chi connectivity index (χ3n) is 6.19. The van der Waals surface area contributed by atoms with E-state index >= 15 is 0 Å². The van der Waals surface area contributed by atoms with Gasteiger partial charge in [0, 0.05) is 42.5 Å². The van der Waals surface area contributed by atoms with Gasteiger partial charge in [0.1, 0.15) is 11.5 Å². The van der Waals surface area contributed by atoms with Gasteiger partial charge in [-0.1, -0.05) is 18.2 Å². The molecule has 0 atom stereocenters. The van der Waals surface area contributed by atoms with Crippen molar-refractivity contribution in [1.29, 1.82) is 0 Å². The maximum atomic E-state index is 13.5. The lowest BCUT2D eigenvalue weighted by Gasteiger charge is -2.18. The Balaban J connectivity index is 1.51. The summed E-state index contributed by atoms with van der Waals surface area (Å²) in [6.07, 6.45) is 1.72. The highest BCUT2D eigenvalue weighted by atomic mass is 32.2. The van der Waals surface area contributed by atoms with E-state index in [9.17, 15) is 13.2 Å². The number of hydrogen-bond donors (Lipinski definition) is 2. The number of nitrogens with one attached hydrogen (secondary N) is 2. The Labute approximate surface area is 220 Å². The molecule has 1 aliphatic rings. The minimum Gasteiger partial charge on any atom is -0.497 e. The molecule has 1 amide bonds. The van der Waals surface area contributed by atoms with Crippen molar-refractivity contribution in [1.82, 2.24) is 9.97 Å². The van der Waals surface area contributed by atoms with Crippen molar-refractivity contribution in [3.8, 4) is 11.5 Å². The lowest BCUT2D eigenvalue weighted by atomic mass is 10.2. The molecule has 1 aromatic heterocycles. The number of hydrogen-bond acceptors (Lipinski definition) is 8. The molecule has 2 N–H and O–H groups in total. The smallest absolute Gasteiger partial charge is 0.263 e. The fraction of sp³-hybridized carbons (Fsp3) is 0.222. The van der Waals surface area contributed by atoms with Crippen molar-refractivity contribution in [3.63, 3.8) is 0 Å². The number of ether oxygens (including phenoxy) is 2. The van der Waals surface area contributed by atoms with E-state index in [-0.39, 0.29) is 28.4 Å². The minimum absolute atomic E-state index is 0.00518. The third kappa shape index (κ3) is 5.32. The third-order valence-corrected chi connectivity index (χ3v) is 7.52. The van der Waals surface area contributed by atoms with E-state index in [1.54, 1.807) is 55.6 Å². The SMILES string of the molecule is COc1cc(Nc2nc3ccccc3nc2NS(=O)(=O)c2cccc(N(C)C(=O)C3CC3)c2)cc(OC)c1. The number of amides is 1. The molecule has 0 aliphatic heterocycles. The van der Waals surface area contributed by atoms with Crippen LogP contribution < -0.4 is 24.4 Å². The quantitative estimate of drug-likeness (QED) is 0.321. The molecule has 1 saturated carbocycles. The van der Waals surface area contributed by atoms with Crippen LogP contribution in [0, 0.1) is 5.92 Å². The van der Waals surface area contributed by atoms with Crippen molar-refractivity contribution >= 4 is 50.0 Å². The Morgan fingerprint density at radius 3 is 2.13 bits per heavy atom. The topological polar surface area (TPSA) is 123 Å². The molecular weight excluding hydrogens is 506 g/mol. The van der Waals surface area contributed by atoms with E-state index in [0.717, 1.165) is 12.8 Å². The van der Waals surface area contributed by atoms with Crippen LogP contribution in [0.3, 0.4) is 0 Å². The molecule has 0 saturated heterocycles. The molecule has 0 spiro atoms. The van der Waals surface area contributed by atoms with E-state index < -0.39 is 10.0 Å². The van der Waals surface area contributed by atoms with Gasteiger partial charge in [0.2, 0.25) is 5.91 Å². The number of fused-ring (bicyclic) bond motifs is 1. The van der Waals surface area contributed by atoms with E-state index in [1.807, 2.05) is 6.07 Å². The summed E-state index contributed by atoms with van der Waals surface area (Å²) in [5.41, 5.74) is 2.15. The predicted octanol–water partition coefficient (Wildman–Crippen LogP) is 4.56. The van der Waals surface area contributed by atoms with E-state index in [1.165, 1.54) is 31.3 Å². The van der Waals surface area contributed by atoms with Gasteiger partial charge in [-0.05, 0) is 43.2 Å². The molecule has 10 nitrogen and oxygen atoms in total. The number of rotatable bonds is 9. The monoisotopic (exact) mass is 533 g/mol. The van der Waals surface area contributed by atoms with Crippen molar-refractivity contribution in [2.75, 3.05) is 36.2 Å². The van der Waals surface area contributed by atoms with Gasteiger partial charge in [-0.15, -0.1) is 0 Å². The first-order valence-electron chi connectivity index (χ1n) is 11.9. The maximum Gasteiger partial charge on any atom is 0.263 e. The first-order valence-corrected chi connectivity index (χ1v) is 13.4. The summed E-state index contributed by atoms with van der Waals surface area (Å²) in [6.45, 7) is 0. The van der Waals surface area contributed by atoms with Crippen molar-refractivity contribution in [3.05, 3.63) is 66.7 Å². The fourth-order valence-corrected chi connectivity index (χ4v) is 5.00. The lowest BCUT2D eigenvalue weighted by Crippen LogP contribution is -2.27. The Hall–Kier alpha value is -4.38. The molecular formula is C27H27N5O5S. The summed E-state index contributed by atoms with van der Waals surface area (Å²) in [6, 6.07) is 18.6. The fourth-order valence-electron chi connectivity index (χ4n) is 3.95. The largest absolute Gasteiger partial charge is 0.497 e. The summed E-state index contributed by atoms with van der Waals surface area (Å²) < 4.78 is 40.2. The van der Waals surface area contributed by atoms with Crippen LogP contribution in [0.2, 0.25) is 0 Å². The molecule has 5 rings (SSSR count). The lowest BCUT2D eigenvalue weighted by molar-refractivity contribution is -0.119. The molecule has 4 aromatic rings. The van der Waals surface area contributed by atoms with Crippen LogP contribution in [0.25, 0.3) is 11.0 Å². The van der Waals surface area contributed by atoms with Crippen LogP contribution in [0.5, 0.6) is 11.5 Å². The first-order chi connectivity index (χ1) is 18.3. The van der Waals surface area contributed by atoms with Crippen LogP contribution in [-0.2, 0) is 14.8 Å². The molecule has 1 aliphatic carbocycles. The van der Waals surface area contributed by atoms with E-state index in [2.05, 4.69) is 20.0 Å². The molecule has 3 aromatic carbocycles. The number of carbonyl (C=O) groups excluding carboxylic acids is 1. The van der Waals surface area contributed by atoms with Gasteiger partial charge in [-0.25, -0.2) is 18.4 Å². The summed E-state index contributed by atoms with van der Waals surface area (Å²) >= 11 is 0. The Morgan fingerprint density at radius 1 is 0.895 bits per heavy atom. The second-order valence-electron chi connectivity index (χ2n) is 8.91. The van der Waals surface area contributed by atoms with Crippen molar-refractivity contribution in [2.24, 2.45) is 5.92 Å². The van der Waals surface area contributed by atoms with Crippen LogP contribution in [0.15, 0.2) is 71.6 Å². The number of methoxy groups -OCH3 is 2. The zero-order chi connectivity index (χ0) is 26.9. The molecule has 38 heavy (non-hydrogen) atoms. The van der Waals surface area contributed by atoms with Gasteiger partial charge in [-0.2, -0.15) is 0 Å². The van der Waals surface area contributed by atoms with Crippen molar-refractivity contribution < 1.29 is 22.7 Å². The average Bonchev–Trinajstić information content (AvgIpc) is 3.78. The van der Waals surface area contributed by atoms with Crippen LogP contribution >= 0.6 is 0 Å². The number of para-hydroxylation sites is 2. The van der Waals surface area contributed by atoms with Gasteiger partial charge >= 0.3 is 0 Å². The zero-order valence-electron chi connectivity index (χ0n) is 21.1. The Morgan fingerprint density at radius 2 is 1.53 bits per heavy atom. The molecule has 11 heteroatoms. The average molecular weight is 534 g/mol. The van der Waals surface area contributed by atoms with Crippen LogP contribution in [-0.4, -0.2) is 45.6 Å². The van der Waals surface area contributed by atoms with E-state index in [0.29, 0.717) is 33.9 Å².